The van der Waals surface area contributed by atoms with E-state index in [1.165, 1.54) is 20.3 Å². The molecule has 2 rings (SSSR count). The van der Waals surface area contributed by atoms with Crippen molar-refractivity contribution in [1.29, 1.82) is 5.26 Å². The molecule has 1 aromatic carbocycles. The molecular weight excluding hydrogens is 356 g/mol. The molecule has 0 aliphatic rings. The number of hydrogen-bond acceptors (Lipinski definition) is 7. The molecule has 8 heteroatoms. The molecule has 7 nitrogen and oxygen atoms in total. The fourth-order valence-corrected chi connectivity index (χ4v) is 3.33. The van der Waals surface area contributed by atoms with Crippen molar-refractivity contribution in [3.05, 3.63) is 39.8 Å². The van der Waals surface area contributed by atoms with Crippen molar-refractivity contribution in [2.24, 2.45) is 0 Å². The van der Waals surface area contributed by atoms with E-state index in [0.29, 0.717) is 32.5 Å². The van der Waals surface area contributed by atoms with Crippen LogP contribution in [0.1, 0.15) is 38.1 Å². The van der Waals surface area contributed by atoms with Crippen molar-refractivity contribution in [2.45, 2.75) is 13.8 Å². The van der Waals surface area contributed by atoms with Gasteiger partial charge in [0, 0.05) is 5.56 Å². The molecule has 0 unspecified atom stereocenters. The summed E-state index contributed by atoms with van der Waals surface area (Å²) in [5.41, 5.74) is 1.06. The van der Waals surface area contributed by atoms with Gasteiger partial charge in [0.1, 0.15) is 15.9 Å². The Hall–Kier alpha value is -3.05. The van der Waals surface area contributed by atoms with E-state index in [0.717, 1.165) is 11.3 Å². The van der Waals surface area contributed by atoms with E-state index in [9.17, 15) is 14.9 Å². The second kappa shape index (κ2) is 8.36. The summed E-state index contributed by atoms with van der Waals surface area (Å²) in [4.78, 5) is 24.8. The maximum absolute atomic E-state index is 12.5. The molecule has 1 aromatic heterocycles. The summed E-state index contributed by atoms with van der Waals surface area (Å²) in [7, 11) is 2.98. The van der Waals surface area contributed by atoms with Gasteiger partial charge < -0.3 is 19.5 Å². The lowest BCUT2D eigenvalue weighted by Gasteiger charge is -2.09. The van der Waals surface area contributed by atoms with Crippen LogP contribution in [0.4, 0.5) is 5.00 Å². The number of ether oxygens (including phenoxy) is 3. The molecule has 26 heavy (non-hydrogen) atoms. The minimum Gasteiger partial charge on any atom is -0.493 e. The molecule has 0 spiro atoms. The van der Waals surface area contributed by atoms with E-state index < -0.39 is 11.9 Å². The van der Waals surface area contributed by atoms with Gasteiger partial charge in [-0.3, -0.25) is 4.79 Å². The standard InChI is InChI=1S/C18H18N2O5S/c1-5-25-18(22)15-10(2)12(9-19)17(26-15)20-16(21)11-6-7-13(23-3)14(8-11)24-4/h6-8H,5H2,1-4H3,(H,20,21). The predicted octanol–water partition coefficient (Wildman–Crippen LogP) is 3.37. The summed E-state index contributed by atoms with van der Waals surface area (Å²) in [6.45, 7) is 3.57. The van der Waals surface area contributed by atoms with Crippen molar-refractivity contribution in [1.82, 2.24) is 0 Å². The number of thiophene rings is 1. The van der Waals surface area contributed by atoms with E-state index >= 15 is 0 Å². The van der Waals surface area contributed by atoms with Crippen molar-refractivity contribution in [2.75, 3.05) is 26.1 Å². The Labute approximate surface area is 155 Å². The lowest BCUT2D eigenvalue weighted by atomic mass is 10.1. The van der Waals surface area contributed by atoms with Gasteiger partial charge in [-0.2, -0.15) is 5.26 Å². The summed E-state index contributed by atoms with van der Waals surface area (Å²) >= 11 is 1.01. The van der Waals surface area contributed by atoms with Crippen molar-refractivity contribution in [3.63, 3.8) is 0 Å². The number of hydrogen-bond donors (Lipinski definition) is 1. The van der Waals surface area contributed by atoms with Crippen LogP contribution in [0.3, 0.4) is 0 Å². The number of methoxy groups -OCH3 is 2. The first kappa shape index (κ1) is 19.3. The monoisotopic (exact) mass is 374 g/mol. The number of rotatable bonds is 6. The highest BCUT2D eigenvalue weighted by Gasteiger charge is 2.22. The molecule has 1 N–H and O–H groups in total. The molecule has 0 atom stereocenters. The van der Waals surface area contributed by atoms with Gasteiger partial charge in [-0.05, 0) is 37.6 Å². The Morgan fingerprint density at radius 3 is 2.50 bits per heavy atom. The second-order valence-corrected chi connectivity index (χ2v) is 6.14. The molecule has 0 fully saturated rings. The molecule has 0 aliphatic heterocycles. The molecule has 0 saturated heterocycles. The van der Waals surface area contributed by atoms with Crippen LogP contribution in [0.15, 0.2) is 18.2 Å². The zero-order valence-corrected chi connectivity index (χ0v) is 15.7. The Morgan fingerprint density at radius 2 is 1.92 bits per heavy atom. The number of benzene rings is 1. The molecule has 0 saturated carbocycles. The smallest absolute Gasteiger partial charge is 0.348 e. The predicted molar refractivity (Wildman–Crippen MR) is 97.2 cm³/mol. The van der Waals surface area contributed by atoms with Crippen LogP contribution in [0.2, 0.25) is 0 Å². The van der Waals surface area contributed by atoms with Gasteiger partial charge in [-0.25, -0.2) is 4.79 Å². The van der Waals surface area contributed by atoms with E-state index in [-0.39, 0.29) is 12.2 Å². The zero-order valence-electron chi connectivity index (χ0n) is 14.8. The number of nitrogens with one attached hydrogen (secondary N) is 1. The van der Waals surface area contributed by atoms with E-state index in [1.54, 1.807) is 26.0 Å². The van der Waals surface area contributed by atoms with Crippen LogP contribution in [0.25, 0.3) is 0 Å². The van der Waals surface area contributed by atoms with Gasteiger partial charge in [0.05, 0.1) is 26.4 Å². The van der Waals surface area contributed by atoms with Crippen LogP contribution in [-0.2, 0) is 4.74 Å². The highest BCUT2D eigenvalue weighted by Crippen LogP contribution is 2.34. The van der Waals surface area contributed by atoms with Crippen LogP contribution in [0.5, 0.6) is 11.5 Å². The number of anilines is 1. The average Bonchev–Trinajstić information content (AvgIpc) is 2.96. The molecule has 136 valence electrons. The van der Waals surface area contributed by atoms with E-state index in [4.69, 9.17) is 14.2 Å². The number of esters is 1. The summed E-state index contributed by atoms with van der Waals surface area (Å²) in [6.07, 6.45) is 0. The van der Waals surface area contributed by atoms with Crippen LogP contribution in [0, 0.1) is 18.3 Å². The average molecular weight is 374 g/mol. The minimum atomic E-state index is -0.516. The zero-order chi connectivity index (χ0) is 19.3. The lowest BCUT2D eigenvalue weighted by Crippen LogP contribution is -2.12. The van der Waals surface area contributed by atoms with Crippen molar-refractivity contribution >= 4 is 28.2 Å². The van der Waals surface area contributed by atoms with Crippen LogP contribution in [-0.4, -0.2) is 32.7 Å². The fourth-order valence-electron chi connectivity index (χ4n) is 2.28. The first-order valence-corrected chi connectivity index (χ1v) is 8.52. The second-order valence-electron chi connectivity index (χ2n) is 5.12. The summed E-state index contributed by atoms with van der Waals surface area (Å²) in [5, 5.41) is 12.4. The number of carbonyl (C=O) groups is 2. The number of nitriles is 1. The van der Waals surface area contributed by atoms with E-state index in [2.05, 4.69) is 5.32 Å². The van der Waals surface area contributed by atoms with Crippen LogP contribution < -0.4 is 14.8 Å². The molecule has 0 radical (unpaired) electrons. The number of amides is 1. The summed E-state index contributed by atoms with van der Waals surface area (Å²) in [5.74, 6) is -0.0363. The molecule has 2 aromatic rings. The maximum atomic E-state index is 12.5. The highest BCUT2D eigenvalue weighted by molar-refractivity contribution is 7.18. The molecule has 0 bridgehead atoms. The quantitative estimate of drug-likeness (QED) is 0.779. The fraction of sp³-hybridized carbons (Fsp3) is 0.278. The first-order valence-electron chi connectivity index (χ1n) is 7.70. The Balaban J connectivity index is 2.33. The van der Waals surface area contributed by atoms with Gasteiger partial charge in [-0.15, -0.1) is 11.3 Å². The van der Waals surface area contributed by atoms with Crippen molar-refractivity contribution in [3.8, 4) is 17.6 Å². The van der Waals surface area contributed by atoms with Gasteiger partial charge in [0.2, 0.25) is 0 Å². The Bertz CT molecular complexity index is 882. The molecular formula is C18H18N2O5S. The van der Waals surface area contributed by atoms with Crippen LogP contribution >= 0.6 is 11.3 Å². The van der Waals surface area contributed by atoms with Gasteiger partial charge in [-0.1, -0.05) is 0 Å². The topological polar surface area (TPSA) is 97.7 Å². The van der Waals surface area contributed by atoms with Gasteiger partial charge in [0.25, 0.3) is 5.91 Å². The summed E-state index contributed by atoms with van der Waals surface area (Å²) in [6, 6.07) is 6.75. The minimum absolute atomic E-state index is 0.228. The van der Waals surface area contributed by atoms with Gasteiger partial charge >= 0.3 is 5.97 Å². The molecule has 1 amide bonds. The first-order chi connectivity index (χ1) is 12.5. The third-order valence-corrected chi connectivity index (χ3v) is 4.78. The maximum Gasteiger partial charge on any atom is 0.348 e. The SMILES string of the molecule is CCOC(=O)c1sc(NC(=O)c2ccc(OC)c(OC)c2)c(C#N)c1C. The number of carbonyl (C=O) groups excluding carboxylic acids is 2. The third kappa shape index (κ3) is 3.78. The third-order valence-electron chi connectivity index (χ3n) is 3.59. The highest BCUT2D eigenvalue weighted by atomic mass is 32.1. The summed E-state index contributed by atoms with van der Waals surface area (Å²) < 4.78 is 15.3. The Morgan fingerprint density at radius 1 is 1.23 bits per heavy atom. The Kier molecular flexibility index (Phi) is 6.20. The van der Waals surface area contributed by atoms with E-state index in [1.807, 2.05) is 6.07 Å². The van der Waals surface area contributed by atoms with Crippen molar-refractivity contribution < 1.29 is 23.8 Å². The lowest BCUT2D eigenvalue weighted by molar-refractivity contribution is 0.0531. The number of nitrogens with zero attached hydrogens (tertiary/aromatic N) is 1. The normalized spacial score (nSPS) is 9.96. The largest absolute Gasteiger partial charge is 0.493 e. The van der Waals surface area contributed by atoms with Gasteiger partial charge in [0.15, 0.2) is 11.5 Å². The molecule has 0 aliphatic carbocycles. The molecule has 1 heterocycles.